The van der Waals surface area contributed by atoms with Gasteiger partial charge in [-0.15, -0.1) is 0 Å². The van der Waals surface area contributed by atoms with E-state index >= 15 is 0 Å². The van der Waals surface area contributed by atoms with Crippen molar-refractivity contribution in [2.75, 3.05) is 11.4 Å². The van der Waals surface area contributed by atoms with Crippen molar-refractivity contribution in [3.8, 4) is 0 Å². The third-order valence-electron chi connectivity index (χ3n) is 2.97. The molecule has 5 heteroatoms. The second-order valence-electron chi connectivity index (χ2n) is 4.51. The number of hydrogen-bond acceptors (Lipinski definition) is 4. The number of carboxylic acid groups (broad SMARTS) is 1. The zero-order chi connectivity index (χ0) is 13.2. The fourth-order valence-corrected chi connectivity index (χ4v) is 1.62. The van der Waals surface area contributed by atoms with Crippen LogP contribution in [-0.2, 0) is 4.79 Å². The number of aryl methyl sites for hydroxylation is 2. The van der Waals surface area contributed by atoms with Gasteiger partial charge in [-0.1, -0.05) is 0 Å². The molecule has 1 aromatic heterocycles. The number of anilines is 1. The number of likely N-dealkylation sites (N-methyl/N-ethyl adjacent to an activating group) is 1. The van der Waals surface area contributed by atoms with Crippen LogP contribution in [-0.4, -0.2) is 33.1 Å². The van der Waals surface area contributed by atoms with Crippen LogP contribution in [0.4, 0.5) is 5.82 Å². The third-order valence-corrected chi connectivity index (χ3v) is 2.97. The summed E-state index contributed by atoms with van der Waals surface area (Å²) in [4.78, 5) is 21.6. The minimum absolute atomic E-state index is 0.566. The van der Waals surface area contributed by atoms with E-state index in [0.717, 1.165) is 11.4 Å². The molecule has 0 fully saturated rings. The van der Waals surface area contributed by atoms with E-state index in [4.69, 9.17) is 0 Å². The summed E-state index contributed by atoms with van der Waals surface area (Å²) in [7, 11) is 0. The van der Waals surface area contributed by atoms with Crippen molar-refractivity contribution in [2.24, 2.45) is 0 Å². The van der Waals surface area contributed by atoms with Gasteiger partial charge in [0, 0.05) is 6.54 Å². The lowest BCUT2D eigenvalue weighted by molar-refractivity contribution is -0.142. The molecule has 94 valence electrons. The maximum absolute atomic E-state index is 11.3. The average molecular weight is 237 g/mol. The first kappa shape index (κ1) is 13.4. The number of hydrogen-bond donors (Lipinski definition) is 1. The van der Waals surface area contributed by atoms with Gasteiger partial charge in [-0.3, -0.25) is 4.98 Å². The molecule has 1 heterocycles. The first-order valence-electron chi connectivity index (χ1n) is 5.62. The summed E-state index contributed by atoms with van der Waals surface area (Å²) in [6.07, 6.45) is 1.62. The Morgan fingerprint density at radius 3 is 2.41 bits per heavy atom. The van der Waals surface area contributed by atoms with Crippen LogP contribution in [0.1, 0.15) is 32.2 Å². The molecule has 0 aliphatic heterocycles. The topological polar surface area (TPSA) is 66.3 Å². The minimum Gasteiger partial charge on any atom is -0.480 e. The number of aliphatic carboxylic acids is 1. The normalized spacial score (nSPS) is 11.4. The van der Waals surface area contributed by atoms with E-state index < -0.39 is 11.5 Å². The fourth-order valence-electron chi connectivity index (χ4n) is 1.62. The molecule has 0 atom stereocenters. The molecule has 0 unspecified atom stereocenters. The Morgan fingerprint density at radius 2 is 2.00 bits per heavy atom. The number of aromatic nitrogens is 2. The van der Waals surface area contributed by atoms with Crippen molar-refractivity contribution in [3.63, 3.8) is 0 Å². The molecular formula is C12H19N3O2. The Labute approximate surface area is 102 Å². The van der Waals surface area contributed by atoms with Gasteiger partial charge >= 0.3 is 5.97 Å². The largest absolute Gasteiger partial charge is 0.480 e. The van der Waals surface area contributed by atoms with Crippen molar-refractivity contribution >= 4 is 11.8 Å². The Bertz CT molecular complexity index is 430. The molecule has 0 saturated carbocycles. The third kappa shape index (κ3) is 2.54. The summed E-state index contributed by atoms with van der Waals surface area (Å²) in [6.45, 7) is 9.54. The maximum Gasteiger partial charge on any atom is 0.328 e. The van der Waals surface area contributed by atoms with Gasteiger partial charge in [0.15, 0.2) is 0 Å². The monoisotopic (exact) mass is 237 g/mol. The predicted molar refractivity (Wildman–Crippen MR) is 66.2 cm³/mol. The summed E-state index contributed by atoms with van der Waals surface area (Å²) in [5.41, 5.74) is 0.686. The lowest BCUT2D eigenvalue weighted by Crippen LogP contribution is -2.50. The van der Waals surface area contributed by atoms with E-state index in [2.05, 4.69) is 9.97 Å². The molecule has 1 rings (SSSR count). The van der Waals surface area contributed by atoms with Gasteiger partial charge in [-0.05, 0) is 34.6 Å². The lowest BCUT2D eigenvalue weighted by Gasteiger charge is -2.35. The first-order valence-corrected chi connectivity index (χ1v) is 5.62. The highest BCUT2D eigenvalue weighted by Crippen LogP contribution is 2.22. The van der Waals surface area contributed by atoms with Gasteiger partial charge in [-0.2, -0.15) is 0 Å². The van der Waals surface area contributed by atoms with Crippen molar-refractivity contribution in [3.05, 3.63) is 17.6 Å². The molecule has 0 radical (unpaired) electrons. The molecule has 0 saturated heterocycles. The van der Waals surface area contributed by atoms with Crippen molar-refractivity contribution < 1.29 is 9.90 Å². The van der Waals surface area contributed by atoms with E-state index in [0.29, 0.717) is 12.4 Å². The molecule has 0 amide bonds. The van der Waals surface area contributed by atoms with Crippen LogP contribution in [0.5, 0.6) is 0 Å². The molecule has 0 bridgehead atoms. The van der Waals surface area contributed by atoms with Gasteiger partial charge in [-0.25, -0.2) is 9.78 Å². The molecule has 5 nitrogen and oxygen atoms in total. The Morgan fingerprint density at radius 1 is 1.41 bits per heavy atom. The lowest BCUT2D eigenvalue weighted by atomic mass is 10.0. The minimum atomic E-state index is -0.995. The Hall–Kier alpha value is -1.65. The first-order chi connectivity index (χ1) is 7.80. The van der Waals surface area contributed by atoms with E-state index in [9.17, 15) is 9.90 Å². The van der Waals surface area contributed by atoms with Crippen LogP contribution < -0.4 is 4.90 Å². The number of rotatable bonds is 4. The highest BCUT2D eigenvalue weighted by atomic mass is 16.4. The Balaban J connectivity index is 3.18. The molecule has 1 aromatic rings. The number of carboxylic acids is 1. The summed E-state index contributed by atoms with van der Waals surface area (Å²) < 4.78 is 0. The SMILES string of the molecule is CCN(c1cnc(C)c(C)n1)C(C)(C)C(=O)O. The fraction of sp³-hybridized carbons (Fsp3) is 0.583. The summed E-state index contributed by atoms with van der Waals surface area (Å²) >= 11 is 0. The van der Waals surface area contributed by atoms with Crippen LogP contribution in [0.15, 0.2) is 6.20 Å². The molecule has 0 aromatic carbocycles. The van der Waals surface area contributed by atoms with E-state index in [1.54, 1.807) is 24.9 Å². The molecule has 0 aliphatic rings. The zero-order valence-corrected chi connectivity index (χ0v) is 11.0. The van der Waals surface area contributed by atoms with Gasteiger partial charge in [0.1, 0.15) is 11.4 Å². The van der Waals surface area contributed by atoms with E-state index in [-0.39, 0.29) is 0 Å². The van der Waals surface area contributed by atoms with Crippen molar-refractivity contribution in [1.82, 2.24) is 9.97 Å². The summed E-state index contributed by atoms with van der Waals surface area (Å²) in [5.74, 6) is -0.276. The highest BCUT2D eigenvalue weighted by Gasteiger charge is 2.34. The van der Waals surface area contributed by atoms with E-state index in [1.165, 1.54) is 0 Å². The Kier molecular flexibility index (Phi) is 3.70. The maximum atomic E-state index is 11.3. The van der Waals surface area contributed by atoms with Crippen molar-refractivity contribution in [1.29, 1.82) is 0 Å². The van der Waals surface area contributed by atoms with Crippen LogP contribution in [0, 0.1) is 13.8 Å². The van der Waals surface area contributed by atoms with E-state index in [1.807, 2.05) is 20.8 Å². The van der Waals surface area contributed by atoms with Crippen LogP contribution in [0.3, 0.4) is 0 Å². The number of nitrogens with zero attached hydrogens (tertiary/aromatic N) is 3. The van der Waals surface area contributed by atoms with Crippen molar-refractivity contribution in [2.45, 2.75) is 40.2 Å². The summed E-state index contributed by atoms with van der Waals surface area (Å²) in [6, 6.07) is 0. The second-order valence-corrected chi connectivity index (χ2v) is 4.51. The van der Waals surface area contributed by atoms with Gasteiger partial charge in [0.2, 0.25) is 0 Å². The molecule has 17 heavy (non-hydrogen) atoms. The average Bonchev–Trinajstić information content (AvgIpc) is 2.23. The van der Waals surface area contributed by atoms with Gasteiger partial charge in [0.05, 0.1) is 17.6 Å². The zero-order valence-electron chi connectivity index (χ0n) is 11.0. The van der Waals surface area contributed by atoms with Gasteiger partial charge in [0.25, 0.3) is 0 Å². The number of carbonyl (C=O) groups is 1. The molecule has 0 aliphatic carbocycles. The molecule has 0 spiro atoms. The second kappa shape index (κ2) is 4.69. The standard InChI is InChI=1S/C12H19N3O2/c1-6-15(12(4,5)11(16)17)10-7-13-8(2)9(3)14-10/h7H,6H2,1-5H3,(H,16,17). The molecular weight excluding hydrogens is 218 g/mol. The predicted octanol–water partition coefficient (Wildman–Crippen LogP) is 1.78. The van der Waals surface area contributed by atoms with Crippen LogP contribution in [0.25, 0.3) is 0 Å². The van der Waals surface area contributed by atoms with Crippen LogP contribution >= 0.6 is 0 Å². The smallest absolute Gasteiger partial charge is 0.328 e. The quantitative estimate of drug-likeness (QED) is 0.864. The summed E-state index contributed by atoms with van der Waals surface area (Å²) in [5, 5.41) is 9.24. The van der Waals surface area contributed by atoms with Crippen LogP contribution in [0.2, 0.25) is 0 Å². The molecule has 1 N–H and O–H groups in total. The highest BCUT2D eigenvalue weighted by molar-refractivity contribution is 5.82. The van der Waals surface area contributed by atoms with Gasteiger partial charge < -0.3 is 10.0 Å².